The molecular formula is C36H42N4O7. The maximum atomic E-state index is 13.6. The molecule has 2 aliphatic heterocycles. The summed E-state index contributed by atoms with van der Waals surface area (Å²) in [6.07, 6.45) is 7.18. The predicted molar refractivity (Wildman–Crippen MR) is 174 cm³/mol. The van der Waals surface area contributed by atoms with Gasteiger partial charge in [0.2, 0.25) is 0 Å². The average molecular weight is 643 g/mol. The Morgan fingerprint density at radius 2 is 1.40 bits per heavy atom. The second kappa shape index (κ2) is 15.2. The lowest BCUT2D eigenvalue weighted by Crippen LogP contribution is -2.33. The molecule has 2 amide bonds. The molecule has 0 fully saturated rings. The van der Waals surface area contributed by atoms with Crippen molar-refractivity contribution in [2.24, 2.45) is 0 Å². The fourth-order valence-electron chi connectivity index (χ4n) is 6.30. The minimum atomic E-state index is -0.775. The third-order valence-electron chi connectivity index (χ3n) is 8.56. The fraction of sp³-hybridized carbons (Fsp3) is 0.444. The van der Waals surface area contributed by atoms with Crippen LogP contribution in [0.4, 0.5) is 0 Å². The molecule has 11 heteroatoms. The van der Waals surface area contributed by atoms with Gasteiger partial charge in [-0.25, -0.2) is 14.2 Å². The summed E-state index contributed by atoms with van der Waals surface area (Å²) in [6.45, 7) is 7.83. The highest BCUT2D eigenvalue weighted by Crippen LogP contribution is 2.41. The molecule has 1 aromatic heterocycles. The van der Waals surface area contributed by atoms with E-state index in [4.69, 9.17) is 14.1 Å². The highest BCUT2D eigenvalue weighted by atomic mass is 16.6. The van der Waals surface area contributed by atoms with Gasteiger partial charge in [-0.15, -0.1) is 0 Å². The van der Waals surface area contributed by atoms with Crippen LogP contribution in [0, 0.1) is 0 Å². The molecule has 248 valence electrons. The molecule has 0 aliphatic carbocycles. The first-order valence-corrected chi connectivity index (χ1v) is 16.4. The van der Waals surface area contributed by atoms with E-state index in [0.717, 1.165) is 51.4 Å². The zero-order chi connectivity index (χ0) is 33.5. The number of hydrogen-bond donors (Lipinski definition) is 1. The number of benzene rings is 2. The van der Waals surface area contributed by atoms with Gasteiger partial charge in [-0.3, -0.25) is 14.5 Å². The van der Waals surface area contributed by atoms with Crippen LogP contribution in [-0.4, -0.2) is 58.2 Å². The Labute approximate surface area is 274 Å². The predicted octanol–water partition coefficient (Wildman–Crippen LogP) is 6.37. The molecule has 2 aliphatic rings. The van der Waals surface area contributed by atoms with Crippen LogP contribution in [0.25, 0.3) is 11.0 Å². The van der Waals surface area contributed by atoms with Gasteiger partial charge in [0, 0.05) is 17.9 Å². The van der Waals surface area contributed by atoms with Crippen molar-refractivity contribution in [3.63, 3.8) is 0 Å². The van der Waals surface area contributed by atoms with Crippen LogP contribution in [0.2, 0.25) is 0 Å². The first-order chi connectivity index (χ1) is 22.7. The van der Waals surface area contributed by atoms with Crippen LogP contribution in [0.1, 0.15) is 111 Å². The number of amides is 2. The van der Waals surface area contributed by atoms with E-state index in [1.807, 2.05) is 6.07 Å². The van der Waals surface area contributed by atoms with E-state index >= 15 is 0 Å². The first kappa shape index (κ1) is 33.6. The van der Waals surface area contributed by atoms with E-state index in [1.165, 1.54) is 4.90 Å². The summed E-state index contributed by atoms with van der Waals surface area (Å²) < 4.78 is 16.3. The van der Waals surface area contributed by atoms with Crippen molar-refractivity contribution in [3.8, 4) is 0 Å². The van der Waals surface area contributed by atoms with Crippen molar-refractivity contribution < 1.29 is 33.3 Å². The monoisotopic (exact) mass is 642 g/mol. The van der Waals surface area contributed by atoms with Crippen molar-refractivity contribution in [2.75, 3.05) is 13.2 Å². The van der Waals surface area contributed by atoms with Gasteiger partial charge in [-0.05, 0) is 74.6 Å². The number of esters is 2. The number of nitrogens with zero attached hydrogens (tertiary/aromatic N) is 3. The number of aromatic nitrogens is 2. The maximum Gasteiger partial charge on any atom is 0.337 e. The largest absolute Gasteiger partial charge is 0.462 e. The van der Waals surface area contributed by atoms with Crippen LogP contribution in [0.3, 0.4) is 0 Å². The average Bonchev–Trinajstić information content (AvgIpc) is 3.61. The minimum absolute atomic E-state index is 0.196. The standard InChI is InChI=1S/C36H42N4O7/c1-22(2)46-36(44)30-24(4)37-23(3)29(31(30)27-18-15-19-28-32(27)39-47-38-28)35(43)45-21-14-10-8-6-5-7-9-13-20-40-33(41)25-16-11-12-17-26(25)34(40)42/h11-12,15-19,22,31,37H,5-10,13-14,20-21H2,1-4H3. The maximum absolute atomic E-state index is 13.6. The van der Waals surface area contributed by atoms with E-state index in [9.17, 15) is 19.2 Å². The zero-order valence-electron chi connectivity index (χ0n) is 27.5. The smallest absolute Gasteiger partial charge is 0.337 e. The number of ether oxygens (including phenoxy) is 2. The lowest BCUT2D eigenvalue weighted by Gasteiger charge is -2.30. The second-order valence-corrected chi connectivity index (χ2v) is 12.3. The summed E-state index contributed by atoms with van der Waals surface area (Å²) in [4.78, 5) is 53.3. The number of dihydropyridines is 1. The topological polar surface area (TPSA) is 141 Å². The van der Waals surface area contributed by atoms with Gasteiger partial charge < -0.3 is 14.8 Å². The zero-order valence-corrected chi connectivity index (χ0v) is 27.5. The van der Waals surface area contributed by atoms with Gasteiger partial charge in [0.25, 0.3) is 11.8 Å². The number of allylic oxidation sites excluding steroid dienone is 2. The van der Waals surface area contributed by atoms with Crippen LogP contribution in [-0.2, 0) is 19.1 Å². The quantitative estimate of drug-likeness (QED) is 0.113. The number of rotatable bonds is 15. The first-order valence-electron chi connectivity index (χ1n) is 16.4. The van der Waals surface area contributed by atoms with Crippen LogP contribution in [0.15, 0.2) is 69.6 Å². The van der Waals surface area contributed by atoms with E-state index in [0.29, 0.717) is 56.8 Å². The molecule has 0 spiro atoms. The molecule has 1 atom stereocenters. The third-order valence-corrected chi connectivity index (χ3v) is 8.56. The van der Waals surface area contributed by atoms with Gasteiger partial charge in [-0.2, -0.15) is 0 Å². The molecule has 11 nitrogen and oxygen atoms in total. The van der Waals surface area contributed by atoms with Gasteiger partial charge in [0.1, 0.15) is 11.0 Å². The van der Waals surface area contributed by atoms with Gasteiger partial charge >= 0.3 is 11.9 Å². The summed E-state index contributed by atoms with van der Waals surface area (Å²) in [7, 11) is 0. The van der Waals surface area contributed by atoms with Crippen LogP contribution < -0.4 is 5.32 Å². The molecule has 0 saturated carbocycles. The van der Waals surface area contributed by atoms with Crippen LogP contribution in [0.5, 0.6) is 0 Å². The van der Waals surface area contributed by atoms with E-state index in [2.05, 4.69) is 15.6 Å². The van der Waals surface area contributed by atoms with Crippen LogP contribution >= 0.6 is 0 Å². The van der Waals surface area contributed by atoms with Gasteiger partial charge in [-0.1, -0.05) is 62.8 Å². The lowest BCUT2D eigenvalue weighted by atomic mass is 9.80. The number of carbonyl (C=O) groups excluding carboxylic acids is 4. The molecule has 3 aromatic rings. The van der Waals surface area contributed by atoms with Crippen molar-refractivity contribution in [3.05, 3.63) is 81.7 Å². The molecule has 2 aromatic carbocycles. The molecule has 1 N–H and O–H groups in total. The van der Waals surface area contributed by atoms with Gasteiger partial charge in [0.05, 0.1) is 40.9 Å². The minimum Gasteiger partial charge on any atom is -0.462 e. The van der Waals surface area contributed by atoms with Crippen molar-refractivity contribution in [1.29, 1.82) is 0 Å². The normalized spacial score (nSPS) is 16.3. The Morgan fingerprint density at radius 3 is 2.04 bits per heavy atom. The lowest BCUT2D eigenvalue weighted by molar-refractivity contribution is -0.143. The molecule has 3 heterocycles. The summed E-state index contributed by atoms with van der Waals surface area (Å²) in [5, 5.41) is 11.2. The Balaban J connectivity index is 1.08. The summed E-state index contributed by atoms with van der Waals surface area (Å²) in [6, 6.07) is 12.3. The van der Waals surface area contributed by atoms with Gasteiger partial charge in [0.15, 0.2) is 0 Å². The Kier molecular flexibility index (Phi) is 10.8. The molecule has 0 bridgehead atoms. The number of imide groups is 1. The highest BCUT2D eigenvalue weighted by molar-refractivity contribution is 6.21. The SMILES string of the molecule is CC1=C(C(=O)OCCCCCCCCCCN2C(=O)c3ccccc3C2=O)C(c2cccc3nonc23)C(C(=O)OC(C)C)=C(C)N1. The summed E-state index contributed by atoms with van der Waals surface area (Å²) in [5.74, 6) is -2.20. The van der Waals surface area contributed by atoms with E-state index < -0.39 is 17.9 Å². The Morgan fingerprint density at radius 1 is 0.809 bits per heavy atom. The summed E-state index contributed by atoms with van der Waals surface area (Å²) in [5.41, 5.74) is 4.40. The third kappa shape index (κ3) is 7.45. The molecule has 1 unspecified atom stereocenters. The van der Waals surface area contributed by atoms with Crippen molar-refractivity contribution in [2.45, 2.75) is 91.1 Å². The highest BCUT2D eigenvalue weighted by Gasteiger charge is 2.40. The molecule has 47 heavy (non-hydrogen) atoms. The molecule has 5 rings (SSSR count). The van der Waals surface area contributed by atoms with Crippen molar-refractivity contribution in [1.82, 2.24) is 20.5 Å². The number of carbonyl (C=O) groups is 4. The number of nitrogens with one attached hydrogen (secondary N) is 1. The Hall–Kier alpha value is -4.80. The second-order valence-electron chi connectivity index (χ2n) is 12.3. The number of unbranched alkanes of at least 4 members (excludes halogenated alkanes) is 7. The van der Waals surface area contributed by atoms with Crippen molar-refractivity contribution >= 4 is 34.8 Å². The molecule has 0 radical (unpaired) electrons. The van der Waals surface area contributed by atoms with E-state index in [1.54, 1.807) is 64.1 Å². The molecule has 0 saturated heterocycles. The molecular weight excluding hydrogens is 600 g/mol. The number of hydrogen-bond acceptors (Lipinski definition) is 10. The fourth-order valence-corrected chi connectivity index (χ4v) is 6.30. The number of fused-ring (bicyclic) bond motifs is 2. The van der Waals surface area contributed by atoms with E-state index in [-0.39, 0.29) is 24.5 Å². The Bertz CT molecular complexity index is 1690. The summed E-state index contributed by atoms with van der Waals surface area (Å²) >= 11 is 0.